The highest BCUT2D eigenvalue weighted by Gasteiger charge is 2.36. The summed E-state index contributed by atoms with van der Waals surface area (Å²) in [7, 11) is -3.89. The molecule has 2 aromatic rings. The number of halogens is 4. The van der Waals surface area contributed by atoms with E-state index in [9.17, 15) is 30.8 Å². The van der Waals surface area contributed by atoms with Gasteiger partial charge in [-0.15, -0.1) is 0 Å². The highest BCUT2D eigenvalue weighted by atomic mass is 32.2. The van der Waals surface area contributed by atoms with Crippen LogP contribution in [0.5, 0.6) is 5.75 Å². The molecule has 0 aliphatic carbocycles. The molecule has 0 spiro atoms. The number of aryl methyl sites for hydroxylation is 1. The fourth-order valence-corrected chi connectivity index (χ4v) is 5.30. The van der Waals surface area contributed by atoms with Gasteiger partial charge >= 0.3 is 6.18 Å². The van der Waals surface area contributed by atoms with Crippen LogP contribution >= 0.6 is 0 Å². The van der Waals surface area contributed by atoms with E-state index in [4.69, 9.17) is 4.74 Å². The largest absolute Gasteiger partial charge is 0.494 e. The quantitative estimate of drug-likeness (QED) is 0.604. The van der Waals surface area contributed by atoms with Crippen molar-refractivity contribution in [2.24, 2.45) is 5.92 Å². The number of nitrogens with one attached hydrogen (secondary N) is 1. The van der Waals surface area contributed by atoms with Crippen LogP contribution in [-0.2, 0) is 21.0 Å². The lowest BCUT2D eigenvalue weighted by molar-refractivity contribution is -0.140. The van der Waals surface area contributed by atoms with E-state index in [0.29, 0.717) is 42.9 Å². The molecule has 1 heterocycles. The Morgan fingerprint density at radius 3 is 2.58 bits per heavy atom. The molecular weight excluding hydrogens is 464 g/mol. The van der Waals surface area contributed by atoms with Gasteiger partial charge in [0.05, 0.1) is 23.0 Å². The van der Waals surface area contributed by atoms with Crippen molar-refractivity contribution >= 4 is 21.6 Å². The Morgan fingerprint density at radius 2 is 1.94 bits per heavy atom. The monoisotopic (exact) mass is 488 g/mol. The summed E-state index contributed by atoms with van der Waals surface area (Å²) in [6.45, 7) is 4.09. The van der Waals surface area contributed by atoms with Crippen molar-refractivity contribution in [2.45, 2.75) is 37.8 Å². The Labute approximate surface area is 189 Å². The molecule has 3 rings (SSSR count). The molecule has 1 fully saturated rings. The number of alkyl halides is 3. The third-order valence-electron chi connectivity index (χ3n) is 5.38. The zero-order chi connectivity index (χ0) is 24.4. The molecule has 1 saturated heterocycles. The van der Waals surface area contributed by atoms with Crippen LogP contribution in [-0.4, -0.2) is 38.3 Å². The zero-order valence-corrected chi connectivity index (χ0v) is 18.9. The lowest BCUT2D eigenvalue weighted by atomic mass is 9.98. The molecule has 33 heavy (non-hydrogen) atoms. The molecule has 0 saturated carbocycles. The topological polar surface area (TPSA) is 75.7 Å². The molecule has 1 atom stereocenters. The van der Waals surface area contributed by atoms with Crippen LogP contribution in [0.4, 0.5) is 23.2 Å². The smallest absolute Gasteiger partial charge is 0.419 e. The first-order chi connectivity index (χ1) is 15.4. The van der Waals surface area contributed by atoms with E-state index in [1.165, 1.54) is 16.4 Å². The molecular formula is C22H24F4N2O4S. The van der Waals surface area contributed by atoms with E-state index >= 15 is 0 Å². The maximum absolute atomic E-state index is 13.5. The number of rotatable bonds is 6. The fourth-order valence-electron chi connectivity index (χ4n) is 3.69. The molecule has 0 aromatic heterocycles. The second-order valence-corrected chi connectivity index (χ2v) is 9.68. The molecule has 1 aliphatic heterocycles. The molecule has 1 amide bonds. The highest BCUT2D eigenvalue weighted by Crippen LogP contribution is 2.33. The molecule has 1 N–H and O–H groups in total. The normalized spacial score (nSPS) is 17.6. The van der Waals surface area contributed by atoms with Crippen molar-refractivity contribution in [3.05, 3.63) is 53.3 Å². The summed E-state index contributed by atoms with van der Waals surface area (Å²) in [4.78, 5) is 12.7. The van der Waals surface area contributed by atoms with Crippen LogP contribution in [0.25, 0.3) is 0 Å². The van der Waals surface area contributed by atoms with Gasteiger partial charge in [-0.1, -0.05) is 0 Å². The Hall–Kier alpha value is -2.66. The molecule has 2 aromatic carbocycles. The van der Waals surface area contributed by atoms with Crippen molar-refractivity contribution in [2.75, 3.05) is 25.0 Å². The summed E-state index contributed by atoms with van der Waals surface area (Å²) in [5.41, 5.74) is -1.05. The van der Waals surface area contributed by atoms with Gasteiger partial charge in [-0.25, -0.2) is 12.8 Å². The van der Waals surface area contributed by atoms with Crippen molar-refractivity contribution in [1.29, 1.82) is 0 Å². The predicted octanol–water partition coefficient (Wildman–Crippen LogP) is 4.59. The van der Waals surface area contributed by atoms with E-state index in [1.54, 1.807) is 13.0 Å². The molecule has 1 aliphatic rings. The van der Waals surface area contributed by atoms with Crippen molar-refractivity contribution in [3.63, 3.8) is 0 Å². The minimum Gasteiger partial charge on any atom is -0.494 e. The first kappa shape index (κ1) is 25.0. The van der Waals surface area contributed by atoms with E-state index in [1.807, 2.05) is 6.92 Å². The van der Waals surface area contributed by atoms with Crippen molar-refractivity contribution in [3.8, 4) is 5.75 Å². The van der Waals surface area contributed by atoms with Gasteiger partial charge in [0.1, 0.15) is 11.6 Å². The molecule has 0 radical (unpaired) electrons. The van der Waals surface area contributed by atoms with Crippen LogP contribution in [0.2, 0.25) is 0 Å². The van der Waals surface area contributed by atoms with Gasteiger partial charge in [0.2, 0.25) is 15.9 Å². The third kappa shape index (κ3) is 5.64. The Kier molecular flexibility index (Phi) is 7.32. The minimum absolute atomic E-state index is 0.0675. The van der Waals surface area contributed by atoms with Gasteiger partial charge in [-0.3, -0.25) is 4.79 Å². The van der Waals surface area contributed by atoms with Crippen LogP contribution < -0.4 is 10.1 Å². The van der Waals surface area contributed by atoms with Gasteiger partial charge in [-0.2, -0.15) is 17.5 Å². The van der Waals surface area contributed by atoms with E-state index in [-0.39, 0.29) is 23.7 Å². The van der Waals surface area contributed by atoms with Crippen LogP contribution in [0.15, 0.2) is 41.3 Å². The first-order valence-corrected chi connectivity index (χ1v) is 11.8. The maximum Gasteiger partial charge on any atom is 0.419 e. The number of anilines is 1. The average Bonchev–Trinajstić information content (AvgIpc) is 2.76. The number of nitrogens with zero attached hydrogens (tertiary/aromatic N) is 1. The van der Waals surface area contributed by atoms with Gasteiger partial charge in [-0.05, 0) is 68.7 Å². The summed E-state index contributed by atoms with van der Waals surface area (Å²) < 4.78 is 85.1. The SMILES string of the molecule is CCOc1ccc(S(=O)(=O)N2CCC[C@@H](C(=O)Nc3ccc(F)c(C(F)(F)F)c3)C2)cc1C. The standard InChI is InChI=1S/C22H24F4N2O4S/c1-3-32-20-9-7-17(11-14(20)2)33(30,31)28-10-4-5-15(13-28)21(29)27-16-6-8-19(23)18(12-16)22(24,25)26/h6-9,11-12,15H,3-5,10,13H2,1-2H3,(H,27,29)/t15-/m1/s1. The molecule has 180 valence electrons. The van der Waals surface area contributed by atoms with Gasteiger partial charge in [0.25, 0.3) is 0 Å². The summed E-state index contributed by atoms with van der Waals surface area (Å²) >= 11 is 0. The molecule has 6 nitrogen and oxygen atoms in total. The molecule has 11 heteroatoms. The Balaban J connectivity index is 1.75. The molecule has 0 bridgehead atoms. The summed E-state index contributed by atoms with van der Waals surface area (Å²) in [5.74, 6) is -2.26. The number of benzene rings is 2. The van der Waals surface area contributed by atoms with Crippen LogP contribution in [0, 0.1) is 18.7 Å². The summed E-state index contributed by atoms with van der Waals surface area (Å²) in [6, 6.07) is 6.70. The fraction of sp³-hybridized carbons (Fsp3) is 0.409. The van der Waals surface area contributed by atoms with Crippen LogP contribution in [0.1, 0.15) is 30.9 Å². The Morgan fingerprint density at radius 1 is 1.21 bits per heavy atom. The lowest BCUT2D eigenvalue weighted by Gasteiger charge is -2.31. The van der Waals surface area contributed by atoms with Gasteiger partial charge in [0.15, 0.2) is 0 Å². The lowest BCUT2D eigenvalue weighted by Crippen LogP contribution is -2.43. The maximum atomic E-state index is 13.5. The summed E-state index contributed by atoms with van der Waals surface area (Å²) in [6.07, 6.45) is -4.13. The van der Waals surface area contributed by atoms with Gasteiger partial charge in [0, 0.05) is 18.8 Å². The zero-order valence-electron chi connectivity index (χ0n) is 18.1. The Bertz CT molecular complexity index is 1140. The van der Waals surface area contributed by atoms with Crippen LogP contribution in [0.3, 0.4) is 0 Å². The van der Waals surface area contributed by atoms with Gasteiger partial charge < -0.3 is 10.1 Å². The second kappa shape index (κ2) is 9.68. The number of ether oxygens (including phenoxy) is 1. The summed E-state index contributed by atoms with van der Waals surface area (Å²) in [5, 5.41) is 2.35. The van der Waals surface area contributed by atoms with E-state index in [0.717, 1.165) is 6.07 Å². The molecule has 0 unspecified atom stereocenters. The number of piperidine rings is 1. The predicted molar refractivity (Wildman–Crippen MR) is 114 cm³/mol. The van der Waals surface area contributed by atoms with Crippen molar-refractivity contribution in [1.82, 2.24) is 4.31 Å². The van der Waals surface area contributed by atoms with Crippen molar-refractivity contribution < 1.29 is 35.5 Å². The number of carbonyl (C=O) groups is 1. The second-order valence-electron chi connectivity index (χ2n) is 7.74. The minimum atomic E-state index is -4.91. The number of carbonyl (C=O) groups excluding carboxylic acids is 1. The van der Waals surface area contributed by atoms with E-state index < -0.39 is 39.4 Å². The van der Waals surface area contributed by atoms with E-state index in [2.05, 4.69) is 5.32 Å². The number of sulfonamides is 1. The average molecular weight is 489 g/mol. The third-order valence-corrected chi connectivity index (χ3v) is 7.24. The first-order valence-electron chi connectivity index (χ1n) is 10.3. The highest BCUT2D eigenvalue weighted by molar-refractivity contribution is 7.89. The number of hydrogen-bond donors (Lipinski definition) is 1. The number of amides is 1. The number of hydrogen-bond acceptors (Lipinski definition) is 4.